The largest absolute Gasteiger partial charge is 0.360 e. The molecule has 0 saturated heterocycles. The third-order valence-electron chi connectivity index (χ3n) is 3.64. The predicted molar refractivity (Wildman–Crippen MR) is 84.8 cm³/mol. The van der Waals surface area contributed by atoms with Crippen LogP contribution in [-0.2, 0) is 4.79 Å². The van der Waals surface area contributed by atoms with Crippen LogP contribution in [0.1, 0.15) is 27.2 Å². The first kappa shape index (κ1) is 17.4. The number of benzene rings is 1. The van der Waals surface area contributed by atoms with E-state index in [2.05, 4.69) is 0 Å². The number of halogens is 1. The quantitative estimate of drug-likeness (QED) is 0.800. The molecule has 1 unspecified atom stereocenters. The van der Waals surface area contributed by atoms with Gasteiger partial charge in [-0.2, -0.15) is 0 Å². The van der Waals surface area contributed by atoms with E-state index < -0.39 is 0 Å². The van der Waals surface area contributed by atoms with Crippen molar-refractivity contribution in [3.8, 4) is 0 Å². The number of hydrogen-bond acceptors (Lipinski definition) is 3. The van der Waals surface area contributed by atoms with Gasteiger partial charge in [-0.05, 0) is 51.9 Å². The van der Waals surface area contributed by atoms with Gasteiger partial charge >= 0.3 is 0 Å². The van der Waals surface area contributed by atoms with Crippen LogP contribution in [0.4, 0.5) is 10.1 Å². The van der Waals surface area contributed by atoms with E-state index in [1.54, 1.807) is 11.0 Å². The number of carbonyl (C=O) groups is 1. The number of nitrogens with two attached hydrogens (primary N) is 1. The second-order valence-corrected chi connectivity index (χ2v) is 5.00. The van der Waals surface area contributed by atoms with Crippen LogP contribution in [0.5, 0.6) is 0 Å². The third-order valence-corrected chi connectivity index (χ3v) is 3.64. The van der Waals surface area contributed by atoms with Crippen molar-refractivity contribution in [3.05, 3.63) is 30.1 Å². The predicted octanol–water partition coefficient (Wildman–Crippen LogP) is 2.24. The SMILES string of the molecule is CCN(CC)C(=O)C(C)N(CCCN)c1cccc(F)c1. The summed E-state index contributed by atoms with van der Waals surface area (Å²) in [6, 6.07) is 6.02. The average Bonchev–Trinajstić information content (AvgIpc) is 2.48. The first-order chi connectivity index (χ1) is 10.0. The van der Waals surface area contributed by atoms with E-state index in [4.69, 9.17) is 5.73 Å². The van der Waals surface area contributed by atoms with Gasteiger partial charge in [-0.1, -0.05) is 6.07 Å². The van der Waals surface area contributed by atoms with Crippen molar-refractivity contribution in [3.63, 3.8) is 0 Å². The molecule has 21 heavy (non-hydrogen) atoms. The smallest absolute Gasteiger partial charge is 0.244 e. The van der Waals surface area contributed by atoms with Gasteiger partial charge < -0.3 is 15.5 Å². The molecule has 0 heterocycles. The molecule has 1 aromatic carbocycles. The van der Waals surface area contributed by atoms with Gasteiger partial charge in [0.05, 0.1) is 0 Å². The highest BCUT2D eigenvalue weighted by Crippen LogP contribution is 2.19. The lowest BCUT2D eigenvalue weighted by Gasteiger charge is -2.33. The highest BCUT2D eigenvalue weighted by atomic mass is 19.1. The zero-order chi connectivity index (χ0) is 15.8. The van der Waals surface area contributed by atoms with E-state index in [0.717, 1.165) is 12.1 Å². The van der Waals surface area contributed by atoms with Gasteiger partial charge in [-0.25, -0.2) is 4.39 Å². The second kappa shape index (κ2) is 8.62. The number of hydrogen-bond donors (Lipinski definition) is 1. The zero-order valence-electron chi connectivity index (χ0n) is 13.2. The van der Waals surface area contributed by atoms with Gasteiger partial charge in [0, 0.05) is 25.3 Å². The van der Waals surface area contributed by atoms with Crippen LogP contribution in [0.25, 0.3) is 0 Å². The molecule has 0 saturated carbocycles. The van der Waals surface area contributed by atoms with Crippen molar-refractivity contribution < 1.29 is 9.18 Å². The van der Waals surface area contributed by atoms with Gasteiger partial charge in [-0.15, -0.1) is 0 Å². The number of amides is 1. The minimum atomic E-state index is -0.335. The van der Waals surface area contributed by atoms with Crippen molar-refractivity contribution in [1.29, 1.82) is 0 Å². The average molecular weight is 295 g/mol. The van der Waals surface area contributed by atoms with Crippen LogP contribution >= 0.6 is 0 Å². The fourth-order valence-corrected chi connectivity index (χ4v) is 2.40. The molecule has 1 amide bonds. The Hall–Kier alpha value is -1.62. The summed E-state index contributed by atoms with van der Waals surface area (Å²) in [4.78, 5) is 16.2. The topological polar surface area (TPSA) is 49.6 Å². The van der Waals surface area contributed by atoms with E-state index in [9.17, 15) is 9.18 Å². The van der Waals surface area contributed by atoms with E-state index in [1.807, 2.05) is 31.7 Å². The molecule has 2 N–H and O–H groups in total. The lowest BCUT2D eigenvalue weighted by atomic mass is 10.1. The van der Waals surface area contributed by atoms with Crippen LogP contribution in [0.3, 0.4) is 0 Å². The van der Waals surface area contributed by atoms with Crippen LogP contribution in [0, 0.1) is 5.82 Å². The number of anilines is 1. The maximum absolute atomic E-state index is 13.5. The molecule has 1 aromatic rings. The monoisotopic (exact) mass is 295 g/mol. The molecule has 0 spiro atoms. The molecule has 5 heteroatoms. The summed E-state index contributed by atoms with van der Waals surface area (Å²) in [6.07, 6.45) is 0.756. The second-order valence-electron chi connectivity index (χ2n) is 5.00. The Morgan fingerprint density at radius 1 is 1.33 bits per heavy atom. The summed E-state index contributed by atoms with van der Waals surface area (Å²) in [6.45, 7) is 8.30. The van der Waals surface area contributed by atoms with Crippen molar-refractivity contribution in [2.24, 2.45) is 5.73 Å². The maximum Gasteiger partial charge on any atom is 0.244 e. The zero-order valence-corrected chi connectivity index (χ0v) is 13.2. The number of rotatable bonds is 8. The van der Waals surface area contributed by atoms with E-state index in [1.165, 1.54) is 12.1 Å². The minimum absolute atomic E-state index is 0.0567. The fourth-order valence-electron chi connectivity index (χ4n) is 2.40. The Balaban J connectivity index is 2.98. The Labute approximate surface area is 126 Å². The van der Waals surface area contributed by atoms with Gasteiger partial charge in [0.25, 0.3) is 0 Å². The molecule has 118 valence electrons. The number of carbonyl (C=O) groups excluding carboxylic acids is 1. The summed E-state index contributed by atoms with van der Waals surface area (Å²) in [5.41, 5.74) is 6.30. The first-order valence-corrected chi connectivity index (χ1v) is 7.56. The van der Waals surface area contributed by atoms with Gasteiger partial charge in [0.15, 0.2) is 0 Å². The molecule has 0 fully saturated rings. The summed E-state index contributed by atoms with van der Waals surface area (Å²) >= 11 is 0. The lowest BCUT2D eigenvalue weighted by Crippen LogP contribution is -2.48. The Bertz CT molecular complexity index is 449. The molecular formula is C16H26FN3O. The van der Waals surface area contributed by atoms with Crippen LogP contribution in [0.2, 0.25) is 0 Å². The maximum atomic E-state index is 13.5. The molecular weight excluding hydrogens is 269 g/mol. The van der Waals surface area contributed by atoms with Gasteiger partial charge in [0.1, 0.15) is 11.9 Å². The molecule has 1 rings (SSSR count). The highest BCUT2D eigenvalue weighted by molar-refractivity contribution is 5.85. The fraction of sp³-hybridized carbons (Fsp3) is 0.562. The number of nitrogens with zero attached hydrogens (tertiary/aromatic N) is 2. The van der Waals surface area contributed by atoms with E-state index >= 15 is 0 Å². The molecule has 0 aliphatic carbocycles. The Kier molecular flexibility index (Phi) is 7.15. The Morgan fingerprint density at radius 3 is 2.52 bits per heavy atom. The van der Waals surface area contributed by atoms with Crippen LogP contribution < -0.4 is 10.6 Å². The normalized spacial score (nSPS) is 12.0. The van der Waals surface area contributed by atoms with Crippen molar-refractivity contribution in [2.75, 3.05) is 31.1 Å². The summed E-state index contributed by atoms with van der Waals surface area (Å²) in [5.74, 6) is -0.242. The van der Waals surface area contributed by atoms with Crippen LogP contribution in [0.15, 0.2) is 24.3 Å². The van der Waals surface area contributed by atoms with Gasteiger partial charge in [0.2, 0.25) is 5.91 Å². The van der Waals surface area contributed by atoms with Crippen molar-refractivity contribution in [1.82, 2.24) is 4.90 Å². The van der Waals surface area contributed by atoms with Crippen LogP contribution in [-0.4, -0.2) is 43.0 Å². The molecule has 0 aliphatic heterocycles. The third kappa shape index (κ3) is 4.70. The molecule has 0 aliphatic rings. The van der Waals surface area contributed by atoms with E-state index in [0.29, 0.717) is 26.2 Å². The summed E-state index contributed by atoms with van der Waals surface area (Å²) in [5, 5.41) is 0. The summed E-state index contributed by atoms with van der Waals surface area (Å²) < 4.78 is 13.5. The van der Waals surface area contributed by atoms with Crippen molar-refractivity contribution in [2.45, 2.75) is 33.2 Å². The van der Waals surface area contributed by atoms with E-state index in [-0.39, 0.29) is 17.8 Å². The standard InChI is InChI=1S/C16H26FN3O/c1-4-19(5-2)16(21)13(3)20(11-7-10-18)15-9-6-8-14(17)12-15/h6,8-9,12-13H,4-5,7,10-11,18H2,1-3H3. The highest BCUT2D eigenvalue weighted by Gasteiger charge is 2.24. The van der Waals surface area contributed by atoms with Crippen molar-refractivity contribution >= 4 is 11.6 Å². The minimum Gasteiger partial charge on any atom is -0.360 e. The first-order valence-electron chi connectivity index (χ1n) is 7.56. The molecule has 0 aromatic heterocycles. The lowest BCUT2D eigenvalue weighted by molar-refractivity contribution is -0.131. The molecule has 0 bridgehead atoms. The molecule has 4 nitrogen and oxygen atoms in total. The molecule has 1 atom stereocenters. The van der Waals surface area contributed by atoms with Gasteiger partial charge in [-0.3, -0.25) is 4.79 Å². The Morgan fingerprint density at radius 2 is 2.00 bits per heavy atom. The molecule has 0 radical (unpaired) electrons. The number of likely N-dealkylation sites (N-methyl/N-ethyl adjacent to an activating group) is 1. The summed E-state index contributed by atoms with van der Waals surface area (Å²) in [7, 11) is 0.